The summed E-state index contributed by atoms with van der Waals surface area (Å²) in [4.78, 5) is 0. The Kier molecular flexibility index (Phi) is 4.47. The van der Waals surface area contributed by atoms with Gasteiger partial charge in [0, 0.05) is 5.92 Å². The van der Waals surface area contributed by atoms with Gasteiger partial charge in [0.15, 0.2) is 0 Å². The van der Waals surface area contributed by atoms with E-state index in [1.165, 1.54) is 27.5 Å². The van der Waals surface area contributed by atoms with E-state index >= 15 is 0 Å². The Hall–Kier alpha value is -2.54. The minimum Gasteiger partial charge on any atom is -0.502 e. The summed E-state index contributed by atoms with van der Waals surface area (Å²) < 4.78 is 5.32. The van der Waals surface area contributed by atoms with Gasteiger partial charge in [-0.15, -0.1) is 0 Å². The van der Waals surface area contributed by atoms with Crippen LogP contribution in [0, 0.1) is 0 Å². The molecule has 0 aliphatic rings. The Morgan fingerprint density at radius 2 is 1.52 bits per heavy atom. The van der Waals surface area contributed by atoms with Crippen LogP contribution in [0.15, 0.2) is 78.6 Å². The van der Waals surface area contributed by atoms with Crippen LogP contribution in [-0.2, 0) is 4.74 Å². The maximum atomic E-state index is 5.32. The fraction of sp³-hybridized carbons (Fsp3) is 0.182. The lowest BCUT2D eigenvalue weighted by Gasteiger charge is -2.16. The molecule has 1 nitrogen and oxygen atoms in total. The minimum atomic E-state index is 0.296. The molecule has 1 atom stereocenters. The summed E-state index contributed by atoms with van der Waals surface area (Å²) >= 11 is 0. The van der Waals surface area contributed by atoms with Crippen molar-refractivity contribution in [2.75, 3.05) is 7.11 Å². The fourth-order valence-electron chi connectivity index (χ4n) is 3.11. The first-order valence-corrected chi connectivity index (χ1v) is 8.00. The summed E-state index contributed by atoms with van der Waals surface area (Å²) in [5, 5.41) is 2.57. The van der Waals surface area contributed by atoms with E-state index in [9.17, 15) is 0 Å². The molecule has 0 aliphatic carbocycles. The molecule has 1 heteroatoms. The van der Waals surface area contributed by atoms with Crippen molar-refractivity contribution >= 4 is 10.8 Å². The van der Waals surface area contributed by atoms with Crippen LogP contribution < -0.4 is 0 Å². The number of hydrogen-bond donors (Lipinski definition) is 0. The van der Waals surface area contributed by atoms with Gasteiger partial charge in [0.1, 0.15) is 0 Å². The first-order chi connectivity index (χ1) is 11.2. The van der Waals surface area contributed by atoms with Crippen molar-refractivity contribution in [3.05, 3.63) is 84.1 Å². The van der Waals surface area contributed by atoms with Gasteiger partial charge in [-0.3, -0.25) is 0 Å². The highest BCUT2D eigenvalue weighted by Crippen LogP contribution is 2.34. The van der Waals surface area contributed by atoms with Crippen LogP contribution in [0.3, 0.4) is 0 Å². The third-order valence-electron chi connectivity index (χ3n) is 4.34. The summed E-state index contributed by atoms with van der Waals surface area (Å²) in [5.74, 6) is 1.25. The maximum absolute atomic E-state index is 5.32. The zero-order chi connectivity index (χ0) is 16.2. The van der Waals surface area contributed by atoms with Crippen LogP contribution >= 0.6 is 0 Å². The van der Waals surface area contributed by atoms with Crippen molar-refractivity contribution in [1.29, 1.82) is 0 Å². The highest BCUT2D eigenvalue weighted by molar-refractivity contribution is 5.97. The third kappa shape index (κ3) is 3.14. The Bertz CT molecular complexity index is 840. The van der Waals surface area contributed by atoms with Crippen molar-refractivity contribution in [2.45, 2.75) is 19.8 Å². The number of ether oxygens (including phenoxy) is 1. The molecule has 0 saturated carbocycles. The lowest BCUT2D eigenvalue weighted by molar-refractivity contribution is 0.291. The van der Waals surface area contributed by atoms with Gasteiger partial charge in [-0.25, -0.2) is 0 Å². The number of hydrogen-bond acceptors (Lipinski definition) is 1. The molecule has 0 bridgehead atoms. The highest BCUT2D eigenvalue weighted by Gasteiger charge is 2.12. The molecule has 116 valence electrons. The molecule has 0 amide bonds. The summed E-state index contributed by atoms with van der Waals surface area (Å²) in [5.41, 5.74) is 3.89. The molecular weight excluding hydrogens is 280 g/mol. The van der Waals surface area contributed by atoms with E-state index in [0.717, 1.165) is 5.76 Å². The quantitative estimate of drug-likeness (QED) is 0.524. The molecule has 3 rings (SSSR count). The Morgan fingerprint density at radius 1 is 0.870 bits per heavy atom. The maximum Gasteiger partial charge on any atom is 0.0890 e. The standard InChI is InChI=1S/C22H22O/c1-16(15-17(2)23-3)19-11-6-7-13-21(19)22-14-8-10-18-9-4-5-12-20(18)22/h4-16H,1-3H3/b17-15-. The van der Waals surface area contributed by atoms with Crippen LogP contribution in [0.2, 0.25) is 0 Å². The van der Waals surface area contributed by atoms with Crippen molar-refractivity contribution in [2.24, 2.45) is 0 Å². The van der Waals surface area contributed by atoms with Gasteiger partial charge >= 0.3 is 0 Å². The van der Waals surface area contributed by atoms with E-state index in [1.54, 1.807) is 7.11 Å². The molecule has 0 N–H and O–H groups in total. The van der Waals surface area contributed by atoms with E-state index in [4.69, 9.17) is 4.74 Å². The predicted molar refractivity (Wildman–Crippen MR) is 98.6 cm³/mol. The first kappa shape index (κ1) is 15.4. The van der Waals surface area contributed by atoms with Gasteiger partial charge in [-0.2, -0.15) is 0 Å². The van der Waals surface area contributed by atoms with E-state index in [-0.39, 0.29) is 0 Å². The SMILES string of the molecule is CO/C(C)=C\C(C)c1ccccc1-c1cccc2ccccc12. The van der Waals surface area contributed by atoms with Crippen molar-refractivity contribution in [3.8, 4) is 11.1 Å². The highest BCUT2D eigenvalue weighted by atomic mass is 16.5. The topological polar surface area (TPSA) is 9.23 Å². The molecule has 23 heavy (non-hydrogen) atoms. The number of allylic oxidation sites excluding steroid dienone is 2. The molecule has 0 heterocycles. The van der Waals surface area contributed by atoms with Gasteiger partial charge < -0.3 is 4.74 Å². The minimum absolute atomic E-state index is 0.296. The normalized spacial score (nSPS) is 13.1. The molecule has 0 spiro atoms. The van der Waals surface area contributed by atoms with Crippen LogP contribution in [0.1, 0.15) is 25.3 Å². The second-order valence-corrected chi connectivity index (χ2v) is 5.88. The van der Waals surface area contributed by atoms with E-state index < -0.39 is 0 Å². The molecule has 3 aromatic carbocycles. The molecule has 3 aromatic rings. The van der Waals surface area contributed by atoms with Crippen LogP contribution in [0.25, 0.3) is 21.9 Å². The monoisotopic (exact) mass is 302 g/mol. The molecular formula is C22H22O. The molecule has 0 saturated heterocycles. The molecule has 0 aromatic heterocycles. The zero-order valence-electron chi connectivity index (χ0n) is 13.9. The largest absolute Gasteiger partial charge is 0.502 e. The smallest absolute Gasteiger partial charge is 0.0890 e. The Labute approximate surface area is 138 Å². The van der Waals surface area contributed by atoms with Crippen molar-refractivity contribution in [1.82, 2.24) is 0 Å². The van der Waals surface area contributed by atoms with E-state index in [1.807, 2.05) is 6.92 Å². The van der Waals surface area contributed by atoms with Crippen molar-refractivity contribution in [3.63, 3.8) is 0 Å². The van der Waals surface area contributed by atoms with E-state index in [0.29, 0.717) is 5.92 Å². The Morgan fingerprint density at radius 3 is 2.35 bits per heavy atom. The third-order valence-corrected chi connectivity index (χ3v) is 4.34. The van der Waals surface area contributed by atoms with Crippen LogP contribution in [-0.4, -0.2) is 7.11 Å². The average Bonchev–Trinajstić information content (AvgIpc) is 2.61. The summed E-state index contributed by atoms with van der Waals surface area (Å²) in [6.45, 7) is 4.21. The number of methoxy groups -OCH3 is 1. The predicted octanol–water partition coefficient (Wildman–Crippen LogP) is 6.16. The molecule has 0 radical (unpaired) electrons. The lowest BCUT2D eigenvalue weighted by atomic mass is 9.89. The molecule has 1 unspecified atom stereocenters. The van der Waals surface area contributed by atoms with Crippen LogP contribution in [0.4, 0.5) is 0 Å². The van der Waals surface area contributed by atoms with Crippen LogP contribution in [0.5, 0.6) is 0 Å². The molecule has 0 fully saturated rings. The molecule has 0 aliphatic heterocycles. The van der Waals surface area contributed by atoms with E-state index in [2.05, 4.69) is 79.7 Å². The average molecular weight is 302 g/mol. The fourth-order valence-corrected chi connectivity index (χ4v) is 3.11. The van der Waals surface area contributed by atoms with Gasteiger partial charge in [-0.05, 0) is 40.5 Å². The van der Waals surface area contributed by atoms with Gasteiger partial charge in [0.2, 0.25) is 0 Å². The summed E-state index contributed by atoms with van der Waals surface area (Å²) in [6, 6.07) is 23.7. The van der Waals surface area contributed by atoms with Crippen molar-refractivity contribution < 1.29 is 4.74 Å². The Balaban J connectivity index is 2.17. The van der Waals surface area contributed by atoms with Gasteiger partial charge in [-0.1, -0.05) is 73.7 Å². The number of benzene rings is 3. The second-order valence-electron chi connectivity index (χ2n) is 5.88. The van der Waals surface area contributed by atoms with Gasteiger partial charge in [0.05, 0.1) is 12.9 Å². The lowest BCUT2D eigenvalue weighted by Crippen LogP contribution is -1.96. The first-order valence-electron chi connectivity index (χ1n) is 8.00. The second kappa shape index (κ2) is 6.70. The van der Waals surface area contributed by atoms with Gasteiger partial charge in [0.25, 0.3) is 0 Å². The zero-order valence-corrected chi connectivity index (χ0v) is 13.9. The summed E-state index contributed by atoms with van der Waals surface area (Å²) in [6.07, 6.45) is 2.17. The number of rotatable bonds is 4. The summed E-state index contributed by atoms with van der Waals surface area (Å²) in [7, 11) is 1.72. The number of fused-ring (bicyclic) bond motifs is 1.